The Kier molecular flexibility index (Phi) is 3.35. The SMILES string of the molecule is C[C@H]1CCc2nc(NC(=O)[C@H]3CCCO3)sc2C1. The lowest BCUT2D eigenvalue weighted by Crippen LogP contribution is -2.26. The van der Waals surface area contributed by atoms with E-state index in [1.54, 1.807) is 11.3 Å². The Morgan fingerprint density at radius 1 is 1.50 bits per heavy atom. The number of hydrogen-bond acceptors (Lipinski definition) is 4. The van der Waals surface area contributed by atoms with Gasteiger partial charge >= 0.3 is 0 Å². The maximum Gasteiger partial charge on any atom is 0.255 e. The summed E-state index contributed by atoms with van der Waals surface area (Å²) in [6, 6.07) is 0. The zero-order chi connectivity index (χ0) is 12.5. The summed E-state index contributed by atoms with van der Waals surface area (Å²) in [6.07, 6.45) is 4.88. The summed E-state index contributed by atoms with van der Waals surface area (Å²) in [6.45, 7) is 2.97. The number of fused-ring (bicyclic) bond motifs is 1. The molecule has 3 rings (SSSR count). The first-order valence-corrected chi connectivity index (χ1v) is 7.45. The lowest BCUT2D eigenvalue weighted by Gasteiger charge is -2.15. The van der Waals surface area contributed by atoms with Crippen LogP contribution in [-0.4, -0.2) is 23.6 Å². The molecule has 0 unspecified atom stereocenters. The van der Waals surface area contributed by atoms with Crippen LogP contribution >= 0.6 is 11.3 Å². The Hall–Kier alpha value is -0.940. The molecule has 1 N–H and O–H groups in total. The van der Waals surface area contributed by atoms with Crippen LogP contribution in [0.25, 0.3) is 0 Å². The number of anilines is 1. The van der Waals surface area contributed by atoms with Gasteiger partial charge in [-0.1, -0.05) is 6.92 Å². The number of aryl methyl sites for hydroxylation is 1. The molecule has 1 aromatic rings. The number of ether oxygens (including phenoxy) is 1. The maximum absolute atomic E-state index is 11.9. The second kappa shape index (κ2) is 4.97. The smallest absolute Gasteiger partial charge is 0.255 e. The van der Waals surface area contributed by atoms with Gasteiger partial charge in [0.15, 0.2) is 5.13 Å². The molecule has 1 aromatic heterocycles. The minimum Gasteiger partial charge on any atom is -0.368 e. The average molecular weight is 266 g/mol. The summed E-state index contributed by atoms with van der Waals surface area (Å²) in [5, 5.41) is 3.64. The quantitative estimate of drug-likeness (QED) is 0.894. The van der Waals surface area contributed by atoms with Gasteiger partial charge < -0.3 is 4.74 Å². The molecule has 1 saturated heterocycles. The highest BCUT2D eigenvalue weighted by atomic mass is 32.1. The van der Waals surface area contributed by atoms with Crippen molar-refractivity contribution in [2.45, 2.75) is 45.1 Å². The number of amides is 1. The second-order valence-electron chi connectivity index (χ2n) is 5.23. The number of aromatic nitrogens is 1. The molecule has 0 aromatic carbocycles. The van der Waals surface area contributed by atoms with Crippen molar-refractivity contribution < 1.29 is 9.53 Å². The molecule has 18 heavy (non-hydrogen) atoms. The molecule has 0 spiro atoms. The molecule has 1 fully saturated rings. The van der Waals surface area contributed by atoms with Crippen LogP contribution in [0.3, 0.4) is 0 Å². The van der Waals surface area contributed by atoms with Crippen molar-refractivity contribution in [1.82, 2.24) is 4.98 Å². The molecule has 1 amide bonds. The highest BCUT2D eigenvalue weighted by molar-refractivity contribution is 7.15. The van der Waals surface area contributed by atoms with Crippen molar-refractivity contribution in [3.63, 3.8) is 0 Å². The minimum absolute atomic E-state index is 0.0355. The van der Waals surface area contributed by atoms with Crippen LogP contribution in [0.15, 0.2) is 0 Å². The number of rotatable bonds is 2. The lowest BCUT2D eigenvalue weighted by molar-refractivity contribution is -0.124. The van der Waals surface area contributed by atoms with E-state index in [1.807, 2.05) is 0 Å². The molecular formula is C13H18N2O2S. The molecule has 0 saturated carbocycles. The predicted molar refractivity (Wildman–Crippen MR) is 70.9 cm³/mol. The minimum atomic E-state index is -0.273. The molecule has 98 valence electrons. The average Bonchev–Trinajstić information content (AvgIpc) is 2.95. The third-order valence-corrected chi connectivity index (χ3v) is 4.67. The van der Waals surface area contributed by atoms with Gasteiger partial charge in [0.05, 0.1) is 5.69 Å². The highest BCUT2D eigenvalue weighted by Gasteiger charge is 2.25. The first kappa shape index (κ1) is 12.1. The topological polar surface area (TPSA) is 51.2 Å². The summed E-state index contributed by atoms with van der Waals surface area (Å²) in [7, 11) is 0. The van der Waals surface area contributed by atoms with E-state index in [-0.39, 0.29) is 12.0 Å². The predicted octanol–water partition coefficient (Wildman–Crippen LogP) is 2.39. The molecule has 2 heterocycles. The zero-order valence-electron chi connectivity index (χ0n) is 10.6. The summed E-state index contributed by atoms with van der Waals surface area (Å²) in [5.41, 5.74) is 1.18. The normalized spacial score (nSPS) is 26.9. The first-order chi connectivity index (χ1) is 8.72. The summed E-state index contributed by atoms with van der Waals surface area (Å²) in [4.78, 5) is 17.8. The summed E-state index contributed by atoms with van der Waals surface area (Å²) >= 11 is 1.63. The number of carbonyl (C=O) groups is 1. The van der Waals surface area contributed by atoms with Gasteiger partial charge in [-0.05, 0) is 38.0 Å². The summed E-state index contributed by atoms with van der Waals surface area (Å²) < 4.78 is 5.37. The van der Waals surface area contributed by atoms with E-state index in [1.165, 1.54) is 17.0 Å². The van der Waals surface area contributed by atoms with Crippen molar-refractivity contribution in [2.24, 2.45) is 5.92 Å². The van der Waals surface area contributed by atoms with E-state index in [2.05, 4.69) is 17.2 Å². The van der Waals surface area contributed by atoms with Gasteiger partial charge in [-0.2, -0.15) is 0 Å². The standard InChI is InChI=1S/C13H18N2O2S/c1-8-4-5-9-11(7-8)18-13(14-9)15-12(16)10-3-2-6-17-10/h8,10H,2-7H2,1H3,(H,14,15,16)/t8-,10+/m0/s1. The van der Waals surface area contributed by atoms with Crippen LogP contribution in [0.2, 0.25) is 0 Å². The number of carbonyl (C=O) groups excluding carboxylic acids is 1. The highest BCUT2D eigenvalue weighted by Crippen LogP contribution is 2.32. The fraction of sp³-hybridized carbons (Fsp3) is 0.692. The van der Waals surface area contributed by atoms with Gasteiger partial charge in [-0.25, -0.2) is 4.98 Å². The van der Waals surface area contributed by atoms with Crippen LogP contribution in [0.5, 0.6) is 0 Å². The number of hydrogen-bond donors (Lipinski definition) is 1. The van der Waals surface area contributed by atoms with Crippen molar-refractivity contribution in [3.8, 4) is 0 Å². The molecule has 0 radical (unpaired) electrons. The largest absolute Gasteiger partial charge is 0.368 e. The van der Waals surface area contributed by atoms with Crippen molar-refractivity contribution >= 4 is 22.4 Å². The monoisotopic (exact) mass is 266 g/mol. The van der Waals surface area contributed by atoms with Gasteiger partial charge in [0.1, 0.15) is 6.10 Å². The lowest BCUT2D eigenvalue weighted by atomic mass is 9.93. The van der Waals surface area contributed by atoms with Crippen molar-refractivity contribution in [3.05, 3.63) is 10.6 Å². The Balaban J connectivity index is 1.68. The number of thiazole rings is 1. The second-order valence-corrected chi connectivity index (χ2v) is 6.31. The molecule has 2 atom stereocenters. The Morgan fingerprint density at radius 3 is 3.17 bits per heavy atom. The van der Waals surface area contributed by atoms with Crippen molar-refractivity contribution in [2.75, 3.05) is 11.9 Å². The number of nitrogens with one attached hydrogen (secondary N) is 1. The van der Waals surface area contributed by atoms with E-state index in [0.29, 0.717) is 6.61 Å². The van der Waals surface area contributed by atoms with Gasteiger partial charge in [0, 0.05) is 11.5 Å². The Labute approximate surface area is 111 Å². The third-order valence-electron chi connectivity index (χ3n) is 3.64. The van der Waals surface area contributed by atoms with Crippen LogP contribution in [0, 0.1) is 5.92 Å². The van der Waals surface area contributed by atoms with Crippen LogP contribution in [-0.2, 0) is 22.4 Å². The van der Waals surface area contributed by atoms with E-state index >= 15 is 0 Å². The van der Waals surface area contributed by atoms with E-state index in [0.717, 1.165) is 36.7 Å². The summed E-state index contributed by atoms with van der Waals surface area (Å²) in [5.74, 6) is 0.700. The van der Waals surface area contributed by atoms with Gasteiger partial charge in [0.25, 0.3) is 5.91 Å². The fourth-order valence-electron chi connectivity index (χ4n) is 2.56. The molecule has 0 bridgehead atoms. The Bertz CT molecular complexity index is 452. The molecule has 5 heteroatoms. The first-order valence-electron chi connectivity index (χ1n) is 6.63. The molecule has 4 nitrogen and oxygen atoms in total. The number of nitrogens with zero attached hydrogens (tertiary/aromatic N) is 1. The van der Waals surface area contributed by atoms with Gasteiger partial charge in [-0.15, -0.1) is 11.3 Å². The van der Waals surface area contributed by atoms with Crippen LogP contribution < -0.4 is 5.32 Å². The molecular weight excluding hydrogens is 248 g/mol. The van der Waals surface area contributed by atoms with Gasteiger partial charge in [-0.3, -0.25) is 10.1 Å². The van der Waals surface area contributed by atoms with E-state index in [9.17, 15) is 4.79 Å². The fourth-order valence-corrected chi connectivity index (χ4v) is 3.74. The third kappa shape index (κ3) is 2.42. The van der Waals surface area contributed by atoms with Crippen molar-refractivity contribution in [1.29, 1.82) is 0 Å². The van der Waals surface area contributed by atoms with Gasteiger partial charge in [0.2, 0.25) is 0 Å². The zero-order valence-corrected chi connectivity index (χ0v) is 11.4. The molecule has 2 aliphatic rings. The van der Waals surface area contributed by atoms with E-state index < -0.39 is 0 Å². The Morgan fingerprint density at radius 2 is 2.39 bits per heavy atom. The van der Waals surface area contributed by atoms with Crippen LogP contribution in [0.4, 0.5) is 5.13 Å². The molecule has 1 aliphatic heterocycles. The van der Waals surface area contributed by atoms with E-state index in [4.69, 9.17) is 4.74 Å². The molecule has 1 aliphatic carbocycles. The van der Waals surface area contributed by atoms with Crippen LogP contribution in [0.1, 0.15) is 36.8 Å². The maximum atomic E-state index is 11.9.